The summed E-state index contributed by atoms with van der Waals surface area (Å²) in [5.74, 6) is -1.05. The van der Waals surface area contributed by atoms with Crippen molar-refractivity contribution in [3.05, 3.63) is 11.9 Å². The second kappa shape index (κ2) is 7.59. The van der Waals surface area contributed by atoms with Crippen molar-refractivity contribution < 1.29 is 14.7 Å². The summed E-state index contributed by atoms with van der Waals surface area (Å²) in [6.45, 7) is 4.32. The molecule has 1 rings (SSSR count). The number of rotatable bonds is 8. The molecule has 0 unspecified atom stereocenters. The van der Waals surface area contributed by atoms with Gasteiger partial charge in [-0.1, -0.05) is 12.1 Å². The van der Waals surface area contributed by atoms with Crippen LogP contribution >= 0.6 is 0 Å². The van der Waals surface area contributed by atoms with E-state index in [1.54, 1.807) is 19.0 Å². The van der Waals surface area contributed by atoms with Gasteiger partial charge >= 0.3 is 5.97 Å². The first-order chi connectivity index (χ1) is 9.43. The smallest absolute Gasteiger partial charge is 0.358 e. The minimum Gasteiger partial charge on any atom is -0.476 e. The Bertz CT molecular complexity index is 458. The maximum Gasteiger partial charge on any atom is 0.358 e. The zero-order valence-electron chi connectivity index (χ0n) is 12.1. The van der Waals surface area contributed by atoms with Crippen molar-refractivity contribution in [1.29, 1.82) is 0 Å². The van der Waals surface area contributed by atoms with Gasteiger partial charge in [-0.2, -0.15) is 0 Å². The van der Waals surface area contributed by atoms with E-state index < -0.39 is 5.97 Å². The van der Waals surface area contributed by atoms with Crippen LogP contribution in [0.2, 0.25) is 0 Å². The minimum atomic E-state index is -1.09. The molecule has 8 nitrogen and oxygen atoms in total. The van der Waals surface area contributed by atoms with E-state index in [2.05, 4.69) is 10.3 Å². The molecule has 0 radical (unpaired) electrons. The minimum absolute atomic E-state index is 0.0447. The van der Waals surface area contributed by atoms with Crippen molar-refractivity contribution in [3.63, 3.8) is 0 Å². The highest BCUT2D eigenvalue weighted by atomic mass is 16.4. The van der Waals surface area contributed by atoms with Crippen LogP contribution in [0, 0.1) is 0 Å². The summed E-state index contributed by atoms with van der Waals surface area (Å²) in [5, 5.41) is 16.1. The Hall–Kier alpha value is -1.96. The zero-order valence-corrected chi connectivity index (χ0v) is 12.1. The van der Waals surface area contributed by atoms with E-state index in [1.165, 1.54) is 10.9 Å². The second-order valence-electron chi connectivity index (χ2n) is 4.74. The van der Waals surface area contributed by atoms with Gasteiger partial charge in [0.05, 0.1) is 19.3 Å². The summed E-state index contributed by atoms with van der Waals surface area (Å²) < 4.78 is 1.48. The molecule has 0 spiro atoms. The lowest BCUT2D eigenvalue weighted by Gasteiger charge is -2.22. The molecular formula is C12H21N5O3. The predicted octanol–water partition coefficient (Wildman–Crippen LogP) is -0.223. The molecule has 1 heterocycles. The molecule has 20 heavy (non-hydrogen) atoms. The van der Waals surface area contributed by atoms with Gasteiger partial charge < -0.3 is 10.0 Å². The van der Waals surface area contributed by atoms with E-state index in [0.717, 1.165) is 13.0 Å². The number of carbonyl (C=O) groups is 2. The number of hydrogen-bond donors (Lipinski definition) is 1. The molecule has 0 aliphatic rings. The number of aromatic carboxylic acids is 1. The van der Waals surface area contributed by atoms with Gasteiger partial charge in [0.1, 0.15) is 0 Å². The van der Waals surface area contributed by atoms with Crippen molar-refractivity contribution in [2.24, 2.45) is 0 Å². The van der Waals surface area contributed by atoms with Gasteiger partial charge in [0.25, 0.3) is 0 Å². The van der Waals surface area contributed by atoms with Gasteiger partial charge in [0, 0.05) is 20.6 Å². The third-order valence-corrected chi connectivity index (χ3v) is 2.80. The van der Waals surface area contributed by atoms with Crippen molar-refractivity contribution in [2.75, 3.05) is 33.7 Å². The maximum absolute atomic E-state index is 11.7. The summed E-state index contributed by atoms with van der Waals surface area (Å²) in [6, 6.07) is 0. The van der Waals surface area contributed by atoms with Gasteiger partial charge in [0.15, 0.2) is 5.69 Å². The highest BCUT2D eigenvalue weighted by Gasteiger charge is 2.13. The summed E-state index contributed by atoms with van der Waals surface area (Å²) in [7, 11) is 3.45. The number of likely N-dealkylation sites (N-methyl/N-ethyl adjacent to an activating group) is 1. The molecular weight excluding hydrogens is 262 g/mol. The van der Waals surface area contributed by atoms with Gasteiger partial charge in [-0.25, -0.2) is 4.79 Å². The lowest BCUT2D eigenvalue weighted by molar-refractivity contribution is -0.129. The van der Waals surface area contributed by atoms with Crippen molar-refractivity contribution >= 4 is 11.9 Å². The topological polar surface area (TPSA) is 91.6 Å². The highest BCUT2D eigenvalue weighted by molar-refractivity contribution is 5.84. The Morgan fingerprint density at radius 1 is 1.35 bits per heavy atom. The quantitative estimate of drug-likeness (QED) is 0.709. The number of carbonyl (C=O) groups excluding carboxylic acids is 1. The number of hydrogen-bond acceptors (Lipinski definition) is 5. The van der Waals surface area contributed by atoms with E-state index in [1.807, 2.05) is 11.8 Å². The van der Waals surface area contributed by atoms with E-state index >= 15 is 0 Å². The van der Waals surface area contributed by atoms with Crippen molar-refractivity contribution in [3.8, 4) is 0 Å². The van der Waals surface area contributed by atoms with Crippen LogP contribution in [-0.4, -0.2) is 75.5 Å². The van der Waals surface area contributed by atoms with Crippen LogP contribution in [-0.2, 0) is 11.3 Å². The summed E-state index contributed by atoms with van der Waals surface area (Å²) in [6.07, 6.45) is 2.33. The van der Waals surface area contributed by atoms with Crippen LogP contribution < -0.4 is 0 Å². The summed E-state index contributed by atoms with van der Waals surface area (Å²) in [4.78, 5) is 26.0. The van der Waals surface area contributed by atoms with Crippen LogP contribution in [0.5, 0.6) is 0 Å². The third kappa shape index (κ3) is 4.96. The molecule has 0 fully saturated rings. The summed E-state index contributed by atoms with van der Waals surface area (Å²) in [5.41, 5.74) is -0.0728. The second-order valence-corrected chi connectivity index (χ2v) is 4.74. The third-order valence-electron chi connectivity index (χ3n) is 2.80. The number of carboxylic acid groups (broad SMARTS) is 1. The summed E-state index contributed by atoms with van der Waals surface area (Å²) >= 11 is 0. The molecule has 112 valence electrons. The van der Waals surface area contributed by atoms with Crippen LogP contribution in [0.15, 0.2) is 6.20 Å². The Morgan fingerprint density at radius 2 is 2.05 bits per heavy atom. The molecule has 8 heteroatoms. The molecule has 1 N–H and O–H groups in total. The Morgan fingerprint density at radius 3 is 2.55 bits per heavy atom. The fourth-order valence-corrected chi connectivity index (χ4v) is 1.67. The average molecular weight is 283 g/mol. The maximum atomic E-state index is 11.7. The Labute approximate surface area is 118 Å². The number of carboxylic acids is 1. The van der Waals surface area contributed by atoms with Gasteiger partial charge in [0.2, 0.25) is 5.91 Å². The first kappa shape index (κ1) is 16.1. The molecule has 0 aromatic carbocycles. The standard InChI is InChI=1S/C12H21N5O3/c1-4-5-16(9-11(18)15(2)3)6-7-17-8-10(12(19)20)13-14-17/h8H,4-7,9H2,1-3H3,(H,19,20). The molecule has 0 bridgehead atoms. The fourth-order valence-electron chi connectivity index (χ4n) is 1.67. The van der Waals surface area contributed by atoms with E-state index in [0.29, 0.717) is 19.6 Å². The van der Waals surface area contributed by atoms with E-state index in [-0.39, 0.29) is 11.6 Å². The zero-order chi connectivity index (χ0) is 15.1. The van der Waals surface area contributed by atoms with Gasteiger partial charge in [-0.15, -0.1) is 5.10 Å². The van der Waals surface area contributed by atoms with Crippen molar-refractivity contribution in [2.45, 2.75) is 19.9 Å². The lowest BCUT2D eigenvalue weighted by atomic mass is 10.3. The average Bonchev–Trinajstić information content (AvgIpc) is 2.85. The molecule has 0 saturated carbocycles. The van der Waals surface area contributed by atoms with Crippen LogP contribution in [0.25, 0.3) is 0 Å². The molecule has 0 saturated heterocycles. The van der Waals surface area contributed by atoms with Crippen LogP contribution in [0.1, 0.15) is 23.8 Å². The fraction of sp³-hybridized carbons (Fsp3) is 0.667. The normalized spacial score (nSPS) is 10.8. The Balaban J connectivity index is 2.53. The van der Waals surface area contributed by atoms with Crippen LogP contribution in [0.3, 0.4) is 0 Å². The number of nitrogens with zero attached hydrogens (tertiary/aromatic N) is 5. The molecule has 1 aromatic heterocycles. The predicted molar refractivity (Wildman–Crippen MR) is 72.4 cm³/mol. The SMILES string of the molecule is CCCN(CCn1cc(C(=O)O)nn1)CC(=O)N(C)C. The van der Waals surface area contributed by atoms with E-state index in [9.17, 15) is 9.59 Å². The Kier molecular flexibility index (Phi) is 6.10. The molecule has 1 amide bonds. The van der Waals surface area contributed by atoms with E-state index in [4.69, 9.17) is 5.11 Å². The number of amides is 1. The first-order valence-electron chi connectivity index (χ1n) is 6.50. The number of aromatic nitrogens is 3. The largest absolute Gasteiger partial charge is 0.476 e. The first-order valence-corrected chi connectivity index (χ1v) is 6.50. The van der Waals surface area contributed by atoms with Gasteiger partial charge in [-0.3, -0.25) is 14.4 Å². The van der Waals surface area contributed by atoms with Gasteiger partial charge in [-0.05, 0) is 13.0 Å². The molecule has 1 aromatic rings. The molecule has 0 aliphatic carbocycles. The molecule has 0 aliphatic heterocycles. The van der Waals surface area contributed by atoms with Crippen LogP contribution in [0.4, 0.5) is 0 Å². The highest BCUT2D eigenvalue weighted by Crippen LogP contribution is 1.97. The lowest BCUT2D eigenvalue weighted by Crippen LogP contribution is -2.38. The monoisotopic (exact) mass is 283 g/mol. The van der Waals surface area contributed by atoms with Crippen molar-refractivity contribution in [1.82, 2.24) is 24.8 Å². The molecule has 0 atom stereocenters.